The maximum absolute atomic E-state index is 10.4. The lowest BCUT2D eigenvalue weighted by Crippen LogP contribution is -1.88. The van der Waals surface area contributed by atoms with Crippen LogP contribution in [0.25, 0.3) is 0 Å². The van der Waals surface area contributed by atoms with Gasteiger partial charge in [0.2, 0.25) is 0 Å². The van der Waals surface area contributed by atoms with E-state index in [9.17, 15) is 9.59 Å². The average molecular weight is 292 g/mol. The third kappa shape index (κ3) is 1.81. The number of aldehydes is 2. The average Bonchev–Trinajstić information content (AvgIpc) is 2.05. The summed E-state index contributed by atoms with van der Waals surface area (Å²) >= 11 is 6.39. The van der Waals surface area contributed by atoms with Gasteiger partial charge in [-0.1, -0.05) is 31.9 Å². The second-order valence-electron chi connectivity index (χ2n) is 2.13. The van der Waals surface area contributed by atoms with Gasteiger partial charge >= 0.3 is 0 Å². The monoisotopic (exact) mass is 290 g/mol. The maximum Gasteiger partial charge on any atom is 0.151 e. The molecule has 0 unspecified atom stereocenters. The summed E-state index contributed by atoms with van der Waals surface area (Å²) in [5.41, 5.74) is 0.945. The van der Waals surface area contributed by atoms with Crippen molar-refractivity contribution in [3.05, 3.63) is 32.2 Å². The molecule has 0 radical (unpaired) electrons. The van der Waals surface area contributed by atoms with E-state index in [1.807, 2.05) is 0 Å². The first kappa shape index (κ1) is 9.61. The van der Waals surface area contributed by atoms with Crippen molar-refractivity contribution in [3.8, 4) is 0 Å². The van der Waals surface area contributed by atoms with Crippen LogP contribution in [-0.4, -0.2) is 12.6 Å². The van der Waals surface area contributed by atoms with Crippen molar-refractivity contribution in [2.24, 2.45) is 0 Å². The van der Waals surface area contributed by atoms with Crippen LogP contribution >= 0.6 is 31.9 Å². The van der Waals surface area contributed by atoms with Gasteiger partial charge in [0, 0.05) is 20.1 Å². The van der Waals surface area contributed by atoms with Gasteiger partial charge in [-0.05, 0) is 12.1 Å². The fourth-order valence-corrected chi connectivity index (χ4v) is 1.94. The summed E-state index contributed by atoms with van der Waals surface area (Å²) in [7, 11) is 0. The largest absolute Gasteiger partial charge is 0.298 e. The molecule has 0 aliphatic carbocycles. The first-order valence-corrected chi connectivity index (χ1v) is 4.67. The highest BCUT2D eigenvalue weighted by Crippen LogP contribution is 2.23. The van der Waals surface area contributed by atoms with Gasteiger partial charge in [-0.2, -0.15) is 0 Å². The first-order chi connectivity index (χ1) is 5.69. The van der Waals surface area contributed by atoms with E-state index in [4.69, 9.17) is 0 Å². The Morgan fingerprint density at radius 1 is 0.917 bits per heavy atom. The molecule has 1 aromatic rings. The summed E-state index contributed by atoms with van der Waals surface area (Å²) in [6, 6.07) is 3.20. The fourth-order valence-electron chi connectivity index (χ4n) is 0.764. The Labute approximate surface area is 86.2 Å². The van der Waals surface area contributed by atoms with Gasteiger partial charge in [0.05, 0.1) is 0 Å². The minimum Gasteiger partial charge on any atom is -0.298 e. The van der Waals surface area contributed by atoms with Crippen LogP contribution < -0.4 is 0 Å². The molecule has 1 aromatic carbocycles. The van der Waals surface area contributed by atoms with E-state index in [0.717, 1.165) is 0 Å². The van der Waals surface area contributed by atoms with Crippen LogP contribution in [0, 0.1) is 0 Å². The molecule has 0 saturated heterocycles. The Hall–Kier alpha value is -0.480. The number of halogens is 2. The highest BCUT2D eigenvalue weighted by atomic mass is 79.9. The van der Waals surface area contributed by atoms with Gasteiger partial charge in [0.25, 0.3) is 0 Å². The molecule has 1 rings (SSSR count). The molecule has 0 fully saturated rings. The van der Waals surface area contributed by atoms with Crippen molar-refractivity contribution in [1.29, 1.82) is 0 Å². The Balaban J connectivity index is 3.36. The molecule has 4 heteroatoms. The molecule has 0 atom stereocenters. The molecular weight excluding hydrogens is 288 g/mol. The summed E-state index contributed by atoms with van der Waals surface area (Å²) in [5.74, 6) is 0. The van der Waals surface area contributed by atoms with Crippen LogP contribution in [0.15, 0.2) is 21.1 Å². The third-order valence-electron chi connectivity index (χ3n) is 1.37. The van der Waals surface area contributed by atoms with Crippen molar-refractivity contribution in [2.45, 2.75) is 0 Å². The molecule has 0 spiro atoms. The third-order valence-corrected chi connectivity index (χ3v) is 2.74. The Bertz CT molecular complexity index is 305. The number of hydrogen-bond donors (Lipinski definition) is 0. The molecule has 0 aliphatic heterocycles. The smallest absolute Gasteiger partial charge is 0.151 e. The van der Waals surface area contributed by atoms with Crippen molar-refractivity contribution < 1.29 is 9.59 Å². The van der Waals surface area contributed by atoms with E-state index in [0.29, 0.717) is 32.6 Å². The van der Waals surface area contributed by atoms with Gasteiger partial charge in [-0.25, -0.2) is 0 Å². The molecule has 12 heavy (non-hydrogen) atoms. The molecule has 0 saturated carbocycles. The number of hydrogen-bond acceptors (Lipinski definition) is 2. The van der Waals surface area contributed by atoms with Gasteiger partial charge in [0.1, 0.15) is 0 Å². The topological polar surface area (TPSA) is 34.1 Å². The summed E-state index contributed by atoms with van der Waals surface area (Å²) in [4.78, 5) is 20.9. The van der Waals surface area contributed by atoms with Crippen LogP contribution in [0.4, 0.5) is 0 Å². The number of benzene rings is 1. The Kier molecular flexibility index (Phi) is 3.17. The molecule has 62 valence electrons. The Morgan fingerprint density at radius 3 is 1.67 bits per heavy atom. The first-order valence-electron chi connectivity index (χ1n) is 3.08. The van der Waals surface area contributed by atoms with Gasteiger partial charge in [-0.15, -0.1) is 0 Å². The highest BCUT2D eigenvalue weighted by Gasteiger charge is 2.04. The predicted octanol–water partition coefficient (Wildman–Crippen LogP) is 2.84. The SMILES string of the molecule is O=Cc1cc(C=O)c(Br)cc1Br. The molecule has 0 aliphatic rings. The van der Waals surface area contributed by atoms with Crippen molar-refractivity contribution in [3.63, 3.8) is 0 Å². The van der Waals surface area contributed by atoms with Gasteiger partial charge < -0.3 is 0 Å². The summed E-state index contributed by atoms with van der Waals surface area (Å²) < 4.78 is 1.35. The quantitative estimate of drug-likeness (QED) is 0.785. The van der Waals surface area contributed by atoms with Crippen molar-refractivity contribution in [2.75, 3.05) is 0 Å². The summed E-state index contributed by atoms with van der Waals surface area (Å²) in [6.45, 7) is 0. The van der Waals surface area contributed by atoms with E-state index >= 15 is 0 Å². The van der Waals surface area contributed by atoms with Crippen LogP contribution in [-0.2, 0) is 0 Å². The molecule has 0 aromatic heterocycles. The second kappa shape index (κ2) is 3.96. The van der Waals surface area contributed by atoms with E-state index in [-0.39, 0.29) is 0 Å². The lowest BCUT2D eigenvalue weighted by atomic mass is 10.1. The zero-order chi connectivity index (χ0) is 9.14. The van der Waals surface area contributed by atoms with Crippen LogP contribution in [0.3, 0.4) is 0 Å². The van der Waals surface area contributed by atoms with Crippen molar-refractivity contribution in [1.82, 2.24) is 0 Å². The Morgan fingerprint density at radius 2 is 1.33 bits per heavy atom. The zero-order valence-electron chi connectivity index (χ0n) is 5.88. The minimum atomic E-state index is 0.473. The van der Waals surface area contributed by atoms with E-state index in [1.54, 1.807) is 6.07 Å². The maximum atomic E-state index is 10.4. The zero-order valence-corrected chi connectivity index (χ0v) is 9.05. The van der Waals surface area contributed by atoms with Gasteiger partial charge in [0.15, 0.2) is 12.6 Å². The normalized spacial score (nSPS) is 9.50. The van der Waals surface area contributed by atoms with Gasteiger partial charge in [-0.3, -0.25) is 9.59 Å². The van der Waals surface area contributed by atoms with Crippen LogP contribution in [0.1, 0.15) is 20.7 Å². The van der Waals surface area contributed by atoms with Crippen molar-refractivity contribution >= 4 is 44.4 Å². The predicted molar refractivity (Wildman–Crippen MR) is 52.6 cm³/mol. The lowest BCUT2D eigenvalue weighted by Gasteiger charge is -1.99. The number of carbonyl (C=O) groups is 2. The molecule has 0 heterocycles. The fraction of sp³-hybridized carbons (Fsp3) is 0. The molecular formula is C8H4Br2O2. The van der Waals surface area contributed by atoms with E-state index < -0.39 is 0 Å². The van der Waals surface area contributed by atoms with E-state index in [1.165, 1.54) is 6.07 Å². The van der Waals surface area contributed by atoms with Crippen LogP contribution in [0.2, 0.25) is 0 Å². The standard InChI is InChI=1S/C8H4Br2O2/c9-7-2-8(10)6(4-12)1-5(7)3-11/h1-4H. The summed E-state index contributed by atoms with van der Waals surface area (Å²) in [6.07, 6.45) is 1.40. The molecule has 0 N–H and O–H groups in total. The molecule has 2 nitrogen and oxygen atoms in total. The number of rotatable bonds is 2. The molecule has 0 amide bonds. The number of carbonyl (C=O) groups excluding carboxylic acids is 2. The molecule has 0 bridgehead atoms. The van der Waals surface area contributed by atoms with Crippen LogP contribution in [0.5, 0.6) is 0 Å². The van der Waals surface area contributed by atoms with E-state index in [2.05, 4.69) is 31.9 Å². The minimum absolute atomic E-state index is 0.473. The summed E-state index contributed by atoms with van der Waals surface area (Å²) in [5, 5.41) is 0. The lowest BCUT2D eigenvalue weighted by molar-refractivity contribution is 0.112. The second-order valence-corrected chi connectivity index (χ2v) is 3.84. The highest BCUT2D eigenvalue weighted by molar-refractivity contribution is 9.11.